The predicted octanol–water partition coefficient (Wildman–Crippen LogP) is 2.78. The molecule has 0 radical (unpaired) electrons. The highest BCUT2D eigenvalue weighted by atomic mass is 16.3. The summed E-state index contributed by atoms with van der Waals surface area (Å²) in [6, 6.07) is 8.34. The Morgan fingerprint density at radius 3 is 2.44 bits per heavy atom. The number of carbonyl (C=O) groups excluding carboxylic acids is 5. The minimum absolute atomic E-state index is 0.00399. The van der Waals surface area contributed by atoms with Gasteiger partial charge in [-0.1, -0.05) is 44.2 Å². The van der Waals surface area contributed by atoms with Gasteiger partial charge >= 0.3 is 0 Å². The number of phenols is 1. The van der Waals surface area contributed by atoms with Crippen LogP contribution in [-0.2, 0) is 32.0 Å². The van der Waals surface area contributed by atoms with E-state index in [1.165, 1.54) is 11.0 Å². The second-order valence-corrected chi connectivity index (χ2v) is 12.5. The molecule has 3 aliphatic rings. The van der Waals surface area contributed by atoms with Crippen LogP contribution in [0.25, 0.3) is 11.1 Å². The molecule has 0 bridgehead atoms. The topological polar surface area (TPSA) is 155 Å². The van der Waals surface area contributed by atoms with Gasteiger partial charge in [0.2, 0.25) is 5.91 Å². The summed E-state index contributed by atoms with van der Waals surface area (Å²) in [5, 5.41) is 22.7. The number of allylic oxidation sites excluding steroid dienone is 1. The standard InChI is InChI=1S/C34H38N2O7/c1-6-8-16(3)18-10-9-17(7-2)21(13-18)20-11-12-24(37)26-22(20)14-19-15-23-28(36(4)5)30(39)27(33(35)42)32(41)34(23,43)31(40)25(19)29(26)38/h6,9-13,16,19,23,25,27-28,37,43H,1,7-8,14-15H2,2-5H3,(H2,35,42). The molecule has 2 aromatic carbocycles. The summed E-state index contributed by atoms with van der Waals surface area (Å²) in [6.45, 7) is 8.00. The Morgan fingerprint density at radius 2 is 1.84 bits per heavy atom. The molecule has 43 heavy (non-hydrogen) atoms. The van der Waals surface area contributed by atoms with Gasteiger partial charge < -0.3 is 15.9 Å². The monoisotopic (exact) mass is 586 g/mol. The number of benzene rings is 2. The van der Waals surface area contributed by atoms with Gasteiger partial charge in [0.15, 0.2) is 34.7 Å². The van der Waals surface area contributed by atoms with Gasteiger partial charge in [0.1, 0.15) is 5.75 Å². The average molecular weight is 587 g/mol. The van der Waals surface area contributed by atoms with Crippen LogP contribution >= 0.6 is 0 Å². The van der Waals surface area contributed by atoms with Crippen LogP contribution in [0.4, 0.5) is 0 Å². The number of aliphatic hydroxyl groups is 1. The van der Waals surface area contributed by atoms with Crippen molar-refractivity contribution in [2.45, 2.75) is 57.1 Å². The fourth-order valence-corrected chi connectivity index (χ4v) is 7.70. The summed E-state index contributed by atoms with van der Waals surface area (Å²) >= 11 is 0. The van der Waals surface area contributed by atoms with E-state index in [-0.39, 0.29) is 30.1 Å². The molecule has 0 aliphatic heterocycles. The van der Waals surface area contributed by atoms with Crippen LogP contribution in [0.5, 0.6) is 5.75 Å². The van der Waals surface area contributed by atoms with Gasteiger partial charge in [-0.15, -0.1) is 6.58 Å². The first-order valence-corrected chi connectivity index (χ1v) is 14.7. The highest BCUT2D eigenvalue weighted by Crippen LogP contribution is 2.52. The Balaban J connectivity index is 1.66. The molecule has 1 amide bonds. The fourth-order valence-electron chi connectivity index (χ4n) is 7.70. The largest absolute Gasteiger partial charge is 0.507 e. The number of amides is 1. The number of primary amides is 1. The number of Topliss-reactive ketones (excluding diaryl/α,β-unsaturated/α-hetero) is 4. The Kier molecular flexibility index (Phi) is 7.77. The highest BCUT2D eigenvalue weighted by Gasteiger charge is 2.69. The van der Waals surface area contributed by atoms with Crippen LogP contribution in [0.1, 0.15) is 59.7 Å². The van der Waals surface area contributed by atoms with Gasteiger partial charge in [-0.25, -0.2) is 0 Å². The van der Waals surface area contributed by atoms with Crippen molar-refractivity contribution in [3.63, 3.8) is 0 Å². The second-order valence-electron chi connectivity index (χ2n) is 12.5. The van der Waals surface area contributed by atoms with E-state index >= 15 is 0 Å². The molecule has 7 unspecified atom stereocenters. The molecule has 2 saturated carbocycles. The third kappa shape index (κ3) is 4.48. The van der Waals surface area contributed by atoms with Crippen molar-refractivity contribution < 1.29 is 34.2 Å². The SMILES string of the molecule is C=CCC(C)c1ccc(CC)c(-c2ccc(O)c3c2CC2CC4C(N(C)C)C(=O)C(C(N)=O)C(=O)C4(O)C(=O)C2C3=O)c1. The Bertz CT molecular complexity index is 1580. The van der Waals surface area contributed by atoms with Crippen molar-refractivity contribution >= 4 is 29.0 Å². The predicted molar refractivity (Wildman–Crippen MR) is 159 cm³/mol. The molecule has 0 heterocycles. The minimum Gasteiger partial charge on any atom is -0.507 e. The first-order chi connectivity index (χ1) is 20.3. The average Bonchev–Trinajstić information content (AvgIpc) is 2.94. The molecule has 0 spiro atoms. The molecule has 2 fully saturated rings. The zero-order chi connectivity index (χ0) is 31.5. The summed E-state index contributed by atoms with van der Waals surface area (Å²) in [5.41, 5.74) is 7.10. The molecule has 5 rings (SSSR count). The van der Waals surface area contributed by atoms with E-state index in [0.717, 1.165) is 35.1 Å². The number of rotatable bonds is 7. The van der Waals surface area contributed by atoms with Crippen LogP contribution in [0.3, 0.4) is 0 Å². The van der Waals surface area contributed by atoms with E-state index < -0.39 is 64.4 Å². The number of aromatic hydroxyl groups is 1. The molecule has 0 aromatic heterocycles. The smallest absolute Gasteiger partial charge is 0.235 e. The summed E-state index contributed by atoms with van der Waals surface area (Å²) in [4.78, 5) is 68.7. The van der Waals surface area contributed by atoms with Gasteiger partial charge in [0.25, 0.3) is 0 Å². The van der Waals surface area contributed by atoms with Crippen molar-refractivity contribution in [2.24, 2.45) is 29.4 Å². The van der Waals surface area contributed by atoms with Crippen molar-refractivity contribution in [1.82, 2.24) is 4.90 Å². The van der Waals surface area contributed by atoms with Gasteiger partial charge in [0, 0.05) is 5.92 Å². The van der Waals surface area contributed by atoms with Crippen LogP contribution in [0.2, 0.25) is 0 Å². The fraction of sp³-hybridized carbons (Fsp3) is 0.441. The van der Waals surface area contributed by atoms with Crippen LogP contribution < -0.4 is 5.73 Å². The number of ketones is 4. The van der Waals surface area contributed by atoms with Gasteiger partial charge in [-0.2, -0.15) is 0 Å². The van der Waals surface area contributed by atoms with E-state index in [1.54, 1.807) is 20.2 Å². The zero-order valence-electron chi connectivity index (χ0n) is 24.9. The van der Waals surface area contributed by atoms with Crippen molar-refractivity contribution in [2.75, 3.05) is 14.1 Å². The van der Waals surface area contributed by atoms with E-state index in [4.69, 9.17) is 5.73 Å². The molecular formula is C34H38N2O7. The first-order valence-electron chi connectivity index (χ1n) is 14.7. The Morgan fingerprint density at radius 1 is 1.14 bits per heavy atom. The normalized spacial score (nSPS) is 29.1. The third-order valence-corrected chi connectivity index (χ3v) is 9.84. The summed E-state index contributed by atoms with van der Waals surface area (Å²) in [5.74, 6) is -10.3. The van der Waals surface area contributed by atoms with Crippen LogP contribution in [-0.4, -0.2) is 69.9 Å². The first kappa shape index (κ1) is 30.5. The number of fused-ring (bicyclic) bond motifs is 3. The second kappa shape index (κ2) is 11.0. The van der Waals surface area contributed by atoms with Crippen molar-refractivity contribution in [1.29, 1.82) is 0 Å². The van der Waals surface area contributed by atoms with Crippen molar-refractivity contribution in [3.8, 4) is 16.9 Å². The molecule has 0 saturated heterocycles. The van der Waals surface area contributed by atoms with Crippen LogP contribution in [0, 0.1) is 23.7 Å². The summed E-state index contributed by atoms with van der Waals surface area (Å²) < 4.78 is 0. The Hall–Kier alpha value is -3.95. The van der Waals surface area contributed by atoms with Gasteiger partial charge in [-0.3, -0.25) is 28.9 Å². The minimum atomic E-state index is -2.74. The molecule has 3 aliphatic carbocycles. The number of phenolic OH excluding ortho intramolecular Hbond substituents is 1. The maximum atomic E-state index is 14.1. The molecule has 7 atom stereocenters. The number of hydrogen-bond acceptors (Lipinski definition) is 8. The van der Waals surface area contributed by atoms with Gasteiger partial charge in [0.05, 0.1) is 17.5 Å². The lowest BCUT2D eigenvalue weighted by Gasteiger charge is -2.52. The van der Waals surface area contributed by atoms with E-state index in [9.17, 15) is 34.2 Å². The number of nitrogens with two attached hydrogens (primary N) is 1. The Labute approximate surface area is 250 Å². The number of aryl methyl sites for hydroxylation is 1. The number of likely N-dealkylation sites (N-methyl/N-ethyl adjacent to an activating group) is 1. The number of hydrogen-bond donors (Lipinski definition) is 3. The molecule has 226 valence electrons. The quantitative estimate of drug-likeness (QED) is 0.331. The lowest BCUT2D eigenvalue weighted by molar-refractivity contribution is -0.181. The summed E-state index contributed by atoms with van der Waals surface area (Å²) in [6.07, 6.45) is 3.61. The highest BCUT2D eigenvalue weighted by molar-refractivity contribution is 6.32. The number of nitrogens with zero attached hydrogens (tertiary/aromatic N) is 1. The molecule has 9 heteroatoms. The van der Waals surface area contributed by atoms with E-state index in [1.807, 2.05) is 13.0 Å². The lowest BCUT2D eigenvalue weighted by atomic mass is 9.52. The maximum absolute atomic E-state index is 14.1. The third-order valence-electron chi connectivity index (χ3n) is 9.84. The molecular weight excluding hydrogens is 548 g/mol. The molecule has 2 aromatic rings. The number of carbonyl (C=O) groups is 5. The van der Waals surface area contributed by atoms with E-state index in [0.29, 0.717) is 5.56 Å². The maximum Gasteiger partial charge on any atom is 0.235 e. The molecule has 4 N–H and O–H groups in total. The van der Waals surface area contributed by atoms with Crippen LogP contribution in [0.15, 0.2) is 43.0 Å². The van der Waals surface area contributed by atoms with E-state index in [2.05, 4.69) is 31.7 Å². The van der Waals surface area contributed by atoms with Gasteiger partial charge in [-0.05, 0) is 85.5 Å². The lowest BCUT2D eigenvalue weighted by Crippen LogP contribution is -2.74. The molecule has 9 nitrogen and oxygen atoms in total. The zero-order valence-corrected chi connectivity index (χ0v) is 24.9. The summed E-state index contributed by atoms with van der Waals surface area (Å²) in [7, 11) is 3.13. The van der Waals surface area contributed by atoms with Crippen molar-refractivity contribution in [3.05, 3.63) is 65.2 Å².